The molecule has 6 nitrogen and oxygen atoms in total. The quantitative estimate of drug-likeness (QED) is 0.895. The molecule has 0 radical (unpaired) electrons. The van der Waals surface area contributed by atoms with E-state index in [1.807, 2.05) is 13.0 Å². The fourth-order valence-electron chi connectivity index (χ4n) is 2.78. The van der Waals surface area contributed by atoms with E-state index in [9.17, 15) is 0 Å². The van der Waals surface area contributed by atoms with Gasteiger partial charge in [0.05, 0.1) is 0 Å². The van der Waals surface area contributed by atoms with Crippen molar-refractivity contribution in [1.29, 1.82) is 0 Å². The summed E-state index contributed by atoms with van der Waals surface area (Å²) in [6.45, 7) is 6.49. The molecule has 2 atom stereocenters. The highest BCUT2D eigenvalue weighted by Crippen LogP contribution is 2.23. The number of nitrogens with one attached hydrogen (secondary N) is 1. The van der Waals surface area contributed by atoms with Gasteiger partial charge in [0.2, 0.25) is 0 Å². The minimum atomic E-state index is 0.524. The van der Waals surface area contributed by atoms with Gasteiger partial charge in [0, 0.05) is 23.8 Å². The third-order valence-electron chi connectivity index (χ3n) is 3.82. The minimum Gasteiger partial charge on any atom is -0.302 e. The van der Waals surface area contributed by atoms with E-state index in [1.54, 1.807) is 4.52 Å². The molecule has 1 N–H and O–H groups in total. The molecular weight excluding hydrogens is 240 g/mol. The third kappa shape index (κ3) is 2.28. The maximum Gasteiger partial charge on any atom is 0.254 e. The molecule has 1 aliphatic heterocycles. The number of piperidine rings is 1. The summed E-state index contributed by atoms with van der Waals surface area (Å²) in [6.07, 6.45) is 5.29. The van der Waals surface area contributed by atoms with Crippen molar-refractivity contribution in [3.63, 3.8) is 0 Å². The smallest absolute Gasteiger partial charge is 0.254 e. The summed E-state index contributed by atoms with van der Waals surface area (Å²) in [5.41, 5.74) is 4.45. The molecule has 1 saturated heterocycles. The average molecular weight is 260 g/mol. The van der Waals surface area contributed by atoms with E-state index >= 15 is 0 Å². The predicted molar refractivity (Wildman–Crippen MR) is 73.8 cm³/mol. The zero-order valence-corrected chi connectivity index (χ0v) is 11.7. The van der Waals surface area contributed by atoms with Crippen molar-refractivity contribution in [3.05, 3.63) is 18.1 Å². The first-order valence-electron chi connectivity index (χ1n) is 6.87. The van der Waals surface area contributed by atoms with E-state index < -0.39 is 0 Å². The number of aromatic nitrogens is 4. The Morgan fingerprint density at radius 3 is 2.74 bits per heavy atom. The normalized spacial score (nSPS) is 24.8. The number of hydrogen-bond donors (Lipinski definition) is 1. The van der Waals surface area contributed by atoms with E-state index in [4.69, 9.17) is 0 Å². The summed E-state index contributed by atoms with van der Waals surface area (Å²) < 4.78 is 1.75. The Balaban J connectivity index is 1.93. The lowest BCUT2D eigenvalue weighted by atomic mass is 10.00. The Morgan fingerprint density at radius 2 is 2.00 bits per heavy atom. The van der Waals surface area contributed by atoms with Gasteiger partial charge >= 0.3 is 0 Å². The van der Waals surface area contributed by atoms with E-state index in [1.165, 1.54) is 25.6 Å². The van der Waals surface area contributed by atoms with Crippen molar-refractivity contribution in [3.8, 4) is 0 Å². The van der Waals surface area contributed by atoms with Crippen molar-refractivity contribution in [1.82, 2.24) is 24.6 Å². The van der Waals surface area contributed by atoms with E-state index in [2.05, 4.69) is 39.3 Å². The van der Waals surface area contributed by atoms with Crippen LogP contribution >= 0.6 is 0 Å². The van der Waals surface area contributed by atoms with Crippen LogP contribution in [0.15, 0.2) is 12.4 Å². The average Bonchev–Trinajstić information content (AvgIpc) is 2.81. The van der Waals surface area contributed by atoms with Gasteiger partial charge in [-0.25, -0.2) is 9.99 Å². The molecule has 2 aromatic heterocycles. The molecule has 2 aromatic rings. The van der Waals surface area contributed by atoms with Crippen molar-refractivity contribution < 1.29 is 0 Å². The first kappa shape index (κ1) is 12.3. The van der Waals surface area contributed by atoms with Gasteiger partial charge in [-0.2, -0.15) is 14.6 Å². The van der Waals surface area contributed by atoms with Gasteiger partial charge in [-0.3, -0.25) is 0 Å². The summed E-state index contributed by atoms with van der Waals surface area (Å²) >= 11 is 0. The molecule has 0 spiro atoms. The van der Waals surface area contributed by atoms with Crippen LogP contribution in [-0.4, -0.2) is 36.7 Å². The first-order chi connectivity index (χ1) is 9.15. The van der Waals surface area contributed by atoms with Gasteiger partial charge in [-0.15, -0.1) is 0 Å². The van der Waals surface area contributed by atoms with E-state index in [0.29, 0.717) is 17.9 Å². The van der Waals surface area contributed by atoms with Crippen molar-refractivity contribution in [2.45, 2.75) is 52.1 Å². The molecule has 2 unspecified atom stereocenters. The second-order valence-corrected chi connectivity index (χ2v) is 5.40. The molecule has 3 rings (SSSR count). The van der Waals surface area contributed by atoms with Gasteiger partial charge in [-0.05, 0) is 33.6 Å². The van der Waals surface area contributed by atoms with Gasteiger partial charge in [0.15, 0.2) is 0 Å². The Labute approximate surface area is 112 Å². The number of hydrazine groups is 1. The molecule has 1 aliphatic rings. The monoisotopic (exact) mass is 260 g/mol. The van der Waals surface area contributed by atoms with Crippen LogP contribution in [0.2, 0.25) is 0 Å². The number of aryl methyl sites for hydroxylation is 1. The largest absolute Gasteiger partial charge is 0.302 e. The van der Waals surface area contributed by atoms with Crippen LogP contribution < -0.4 is 5.43 Å². The Hall–Kier alpha value is -1.69. The van der Waals surface area contributed by atoms with Crippen LogP contribution in [0.1, 0.15) is 38.8 Å². The number of hydrogen-bond acceptors (Lipinski definition) is 5. The summed E-state index contributed by atoms with van der Waals surface area (Å²) in [5.74, 6) is 1.57. The van der Waals surface area contributed by atoms with Crippen molar-refractivity contribution in [2.24, 2.45) is 0 Å². The fraction of sp³-hybridized carbons (Fsp3) is 0.615. The summed E-state index contributed by atoms with van der Waals surface area (Å²) in [6, 6.07) is 3.06. The van der Waals surface area contributed by atoms with Gasteiger partial charge in [0.25, 0.3) is 5.78 Å². The van der Waals surface area contributed by atoms with E-state index in [-0.39, 0.29) is 0 Å². The van der Waals surface area contributed by atoms with Crippen LogP contribution in [0, 0.1) is 6.92 Å². The molecule has 0 aromatic carbocycles. The lowest BCUT2D eigenvalue weighted by Crippen LogP contribution is -2.47. The molecule has 0 saturated carbocycles. The SMILES string of the molecule is Cc1cc(NN2C(C)CCCC2C)n2ncnc2n1. The highest BCUT2D eigenvalue weighted by molar-refractivity contribution is 5.44. The molecule has 0 bridgehead atoms. The van der Waals surface area contributed by atoms with Crippen LogP contribution in [0.25, 0.3) is 5.78 Å². The molecule has 1 fully saturated rings. The summed E-state index contributed by atoms with van der Waals surface area (Å²) in [4.78, 5) is 8.51. The third-order valence-corrected chi connectivity index (χ3v) is 3.82. The van der Waals surface area contributed by atoms with Gasteiger partial charge < -0.3 is 5.43 Å². The van der Waals surface area contributed by atoms with Gasteiger partial charge in [0.1, 0.15) is 12.1 Å². The molecule has 0 aliphatic carbocycles. The lowest BCUT2D eigenvalue weighted by Gasteiger charge is -2.39. The van der Waals surface area contributed by atoms with Crippen LogP contribution in [-0.2, 0) is 0 Å². The summed E-state index contributed by atoms with van der Waals surface area (Å²) in [5, 5.41) is 6.55. The lowest BCUT2D eigenvalue weighted by molar-refractivity contribution is 0.134. The Morgan fingerprint density at radius 1 is 1.26 bits per heavy atom. The molecule has 6 heteroatoms. The number of rotatable bonds is 2. The van der Waals surface area contributed by atoms with Crippen LogP contribution in [0.4, 0.5) is 5.82 Å². The second-order valence-electron chi connectivity index (χ2n) is 5.40. The number of fused-ring (bicyclic) bond motifs is 1. The Kier molecular flexibility index (Phi) is 3.10. The summed E-state index contributed by atoms with van der Waals surface area (Å²) in [7, 11) is 0. The molecular formula is C13H20N6. The predicted octanol–water partition coefficient (Wildman–Crippen LogP) is 2.02. The topological polar surface area (TPSA) is 58.4 Å². The minimum absolute atomic E-state index is 0.524. The Bertz CT molecular complexity index is 568. The standard InChI is InChI=1S/C13H20N6/c1-9-7-12(19-13(16-9)14-8-15-19)17-18-10(2)5-4-6-11(18)3/h7-8,10-11,17H,4-6H2,1-3H3. The van der Waals surface area contributed by atoms with Crippen LogP contribution in [0.5, 0.6) is 0 Å². The zero-order chi connectivity index (χ0) is 13.4. The zero-order valence-electron chi connectivity index (χ0n) is 11.7. The van der Waals surface area contributed by atoms with Crippen molar-refractivity contribution >= 4 is 11.6 Å². The second kappa shape index (κ2) is 4.77. The van der Waals surface area contributed by atoms with Crippen LogP contribution in [0.3, 0.4) is 0 Å². The van der Waals surface area contributed by atoms with Crippen molar-refractivity contribution in [2.75, 3.05) is 5.43 Å². The van der Waals surface area contributed by atoms with E-state index in [0.717, 1.165) is 11.5 Å². The molecule has 3 heterocycles. The molecule has 102 valence electrons. The van der Waals surface area contributed by atoms with Gasteiger partial charge in [-0.1, -0.05) is 6.42 Å². The number of nitrogens with zero attached hydrogens (tertiary/aromatic N) is 5. The molecule has 0 amide bonds. The molecule has 19 heavy (non-hydrogen) atoms. The highest BCUT2D eigenvalue weighted by atomic mass is 15.6. The fourth-order valence-corrected chi connectivity index (χ4v) is 2.78. The first-order valence-corrected chi connectivity index (χ1v) is 6.87. The maximum atomic E-state index is 4.36. The highest BCUT2D eigenvalue weighted by Gasteiger charge is 2.25. The number of anilines is 1. The maximum absolute atomic E-state index is 4.36.